The Morgan fingerprint density at radius 3 is 2.26 bits per heavy atom. The zero-order valence-electron chi connectivity index (χ0n) is 19.7. The van der Waals surface area contributed by atoms with Crippen LogP contribution in [0.15, 0.2) is 53.7 Å². The van der Waals surface area contributed by atoms with Crippen LogP contribution in [0.5, 0.6) is 17.2 Å². The average Bonchev–Trinajstić information content (AvgIpc) is 3.25. The first-order valence-electron chi connectivity index (χ1n) is 10.7. The van der Waals surface area contributed by atoms with Gasteiger partial charge in [0.05, 0.1) is 14.2 Å². The Balaban J connectivity index is 1.76. The van der Waals surface area contributed by atoms with Gasteiger partial charge in [-0.3, -0.25) is 0 Å². The van der Waals surface area contributed by atoms with Crippen LogP contribution in [0.2, 0.25) is 0 Å². The maximum absolute atomic E-state index is 11.4. The number of rotatable bonds is 8. The Hall–Kier alpha value is -3.56. The highest BCUT2D eigenvalue weighted by molar-refractivity contribution is 7.98. The molecule has 9 heteroatoms. The summed E-state index contributed by atoms with van der Waals surface area (Å²) in [6, 6.07) is 14.4. The van der Waals surface area contributed by atoms with Crippen LogP contribution in [-0.2, 0) is 5.75 Å². The van der Waals surface area contributed by atoms with Crippen LogP contribution in [0.1, 0.15) is 27.3 Å². The molecule has 4 aromatic rings. The number of phenols is 1. The number of hydrogen-bond acceptors (Lipinski definition) is 8. The molecule has 0 aliphatic heterocycles. The second-order valence-electron chi connectivity index (χ2n) is 7.79. The Kier molecular flexibility index (Phi) is 7.28. The van der Waals surface area contributed by atoms with E-state index in [1.165, 1.54) is 23.9 Å². The van der Waals surface area contributed by atoms with E-state index in [4.69, 9.17) is 9.47 Å². The molecule has 2 heterocycles. The zero-order chi connectivity index (χ0) is 25.1. The molecule has 0 aliphatic rings. The molecule has 0 spiro atoms. The fourth-order valence-corrected chi connectivity index (χ4v) is 5.86. The summed E-state index contributed by atoms with van der Waals surface area (Å²) >= 11 is 3.08. The molecule has 0 fully saturated rings. The van der Waals surface area contributed by atoms with Crippen molar-refractivity contribution in [3.05, 3.63) is 71.0 Å². The van der Waals surface area contributed by atoms with Crippen molar-refractivity contribution in [2.45, 2.75) is 24.8 Å². The van der Waals surface area contributed by atoms with Gasteiger partial charge in [0.2, 0.25) is 0 Å². The van der Waals surface area contributed by atoms with Gasteiger partial charge in [0.1, 0.15) is 11.3 Å². The number of ether oxygens (including phenoxy) is 2. The van der Waals surface area contributed by atoms with Crippen LogP contribution in [0.25, 0.3) is 20.9 Å². The van der Waals surface area contributed by atoms with Crippen molar-refractivity contribution >= 4 is 29.1 Å². The van der Waals surface area contributed by atoms with Crippen LogP contribution in [-0.4, -0.2) is 40.4 Å². The maximum atomic E-state index is 11.4. The lowest BCUT2D eigenvalue weighted by atomic mass is 10.1. The third-order valence-electron chi connectivity index (χ3n) is 5.29. The topological polar surface area (TPSA) is 102 Å². The van der Waals surface area contributed by atoms with Gasteiger partial charge < -0.3 is 19.7 Å². The summed E-state index contributed by atoms with van der Waals surface area (Å²) in [5.41, 5.74) is 4.40. The second kappa shape index (κ2) is 10.4. The fraction of sp³-hybridized carbons (Fsp3) is 0.192. The van der Waals surface area contributed by atoms with Gasteiger partial charge in [-0.1, -0.05) is 17.8 Å². The fourth-order valence-electron chi connectivity index (χ4n) is 3.67. The van der Waals surface area contributed by atoms with E-state index in [0.29, 0.717) is 22.4 Å². The lowest BCUT2D eigenvalue weighted by Crippen LogP contribution is -1.96. The number of hydrogen-bond donors (Lipinski definition) is 2. The first-order chi connectivity index (χ1) is 16.8. The summed E-state index contributed by atoms with van der Waals surface area (Å²) < 4.78 is 10.8. The van der Waals surface area contributed by atoms with Crippen molar-refractivity contribution in [2.24, 2.45) is 0 Å². The number of aromatic hydroxyl groups is 1. The molecule has 180 valence electrons. The van der Waals surface area contributed by atoms with Crippen molar-refractivity contribution in [1.29, 1.82) is 0 Å². The molecule has 0 radical (unpaired) electrons. The minimum absolute atomic E-state index is 0.134. The second-order valence-corrected chi connectivity index (χ2v) is 9.79. The Morgan fingerprint density at radius 1 is 0.943 bits per heavy atom. The molecular formula is C26H24N2O5S2. The quantitative estimate of drug-likeness (QED) is 0.214. The molecule has 0 atom stereocenters. The summed E-state index contributed by atoms with van der Waals surface area (Å²) in [6.45, 7) is 3.88. The predicted octanol–water partition coefficient (Wildman–Crippen LogP) is 6.20. The smallest absolute Gasteiger partial charge is 0.339 e. The molecule has 4 rings (SSSR count). The van der Waals surface area contributed by atoms with Crippen LogP contribution in [0, 0.1) is 13.8 Å². The Morgan fingerprint density at radius 2 is 1.63 bits per heavy atom. The lowest BCUT2D eigenvalue weighted by Gasteiger charge is -2.08. The minimum Gasteiger partial charge on any atom is -0.507 e. The van der Waals surface area contributed by atoms with Crippen molar-refractivity contribution < 1.29 is 24.5 Å². The molecule has 2 aromatic heterocycles. The number of methoxy groups -OCH3 is 2. The Labute approximate surface area is 211 Å². The monoisotopic (exact) mass is 508 g/mol. The van der Waals surface area contributed by atoms with Gasteiger partial charge >= 0.3 is 5.97 Å². The number of aromatic nitrogens is 2. The van der Waals surface area contributed by atoms with Crippen molar-refractivity contribution in [1.82, 2.24) is 9.97 Å². The van der Waals surface area contributed by atoms with Crippen molar-refractivity contribution in [3.8, 4) is 38.1 Å². The highest BCUT2D eigenvalue weighted by Crippen LogP contribution is 2.43. The minimum atomic E-state index is -1.17. The highest BCUT2D eigenvalue weighted by atomic mass is 32.2. The summed E-state index contributed by atoms with van der Waals surface area (Å²) in [4.78, 5) is 22.3. The van der Waals surface area contributed by atoms with Crippen molar-refractivity contribution in [2.75, 3.05) is 14.2 Å². The number of aromatic carboxylic acids is 1. The average molecular weight is 509 g/mol. The van der Waals surface area contributed by atoms with E-state index in [1.54, 1.807) is 31.6 Å². The molecule has 2 aromatic carbocycles. The highest BCUT2D eigenvalue weighted by Gasteiger charge is 2.18. The van der Waals surface area contributed by atoms with Gasteiger partial charge in [-0.15, -0.1) is 11.3 Å². The van der Waals surface area contributed by atoms with E-state index in [1.807, 2.05) is 38.1 Å². The number of thiophene rings is 1. The third-order valence-corrected chi connectivity index (χ3v) is 7.46. The van der Waals surface area contributed by atoms with E-state index in [-0.39, 0.29) is 11.3 Å². The molecule has 35 heavy (non-hydrogen) atoms. The molecular weight excluding hydrogens is 484 g/mol. The number of carboxylic acids is 1. The van der Waals surface area contributed by atoms with Gasteiger partial charge in [0, 0.05) is 26.9 Å². The molecule has 0 aliphatic carbocycles. The van der Waals surface area contributed by atoms with Crippen LogP contribution in [0.3, 0.4) is 0 Å². The van der Waals surface area contributed by atoms with Gasteiger partial charge in [-0.05, 0) is 73.0 Å². The first kappa shape index (κ1) is 24.6. The van der Waals surface area contributed by atoms with Gasteiger partial charge in [0.15, 0.2) is 16.7 Å². The molecule has 2 N–H and O–H groups in total. The summed E-state index contributed by atoms with van der Waals surface area (Å²) in [7, 11) is 3.19. The van der Waals surface area contributed by atoms with E-state index < -0.39 is 5.97 Å². The molecule has 0 saturated heterocycles. The maximum Gasteiger partial charge on any atom is 0.339 e. The Bertz CT molecular complexity index is 1380. The number of benzene rings is 2. The zero-order valence-corrected chi connectivity index (χ0v) is 21.3. The van der Waals surface area contributed by atoms with Crippen LogP contribution < -0.4 is 9.47 Å². The number of carbonyl (C=O) groups is 1. The first-order valence-corrected chi connectivity index (χ1v) is 12.5. The number of carboxylic acid groups (broad SMARTS) is 1. The van der Waals surface area contributed by atoms with E-state index in [0.717, 1.165) is 37.8 Å². The standard InChI is InChI=1S/C26H24N2O5S2/c1-14-9-15(2)28-26(27-14)34-13-18-12-23(16-6-8-21(32-3)22(11-16)33-4)35-24(18)17-5-7-19(25(30)31)20(29)10-17/h5-12,29H,13H2,1-4H3,(H,30,31). The summed E-state index contributed by atoms with van der Waals surface area (Å²) in [5, 5.41) is 20.3. The molecule has 0 bridgehead atoms. The van der Waals surface area contributed by atoms with Crippen molar-refractivity contribution in [3.63, 3.8) is 0 Å². The largest absolute Gasteiger partial charge is 0.507 e. The van der Waals surface area contributed by atoms with Gasteiger partial charge in [0.25, 0.3) is 0 Å². The predicted molar refractivity (Wildman–Crippen MR) is 138 cm³/mol. The molecule has 0 saturated carbocycles. The lowest BCUT2D eigenvalue weighted by molar-refractivity contribution is 0.0693. The SMILES string of the molecule is COc1ccc(-c2cc(CSc3nc(C)cc(C)n3)c(-c3ccc(C(=O)O)c(O)c3)s2)cc1OC. The number of thioether (sulfide) groups is 1. The third kappa shape index (κ3) is 5.41. The number of nitrogens with zero attached hydrogens (tertiary/aromatic N) is 2. The molecule has 7 nitrogen and oxygen atoms in total. The van der Waals surface area contributed by atoms with Crippen LogP contribution >= 0.6 is 23.1 Å². The molecule has 0 unspecified atom stereocenters. The van der Waals surface area contributed by atoms with E-state index in [2.05, 4.69) is 16.0 Å². The van der Waals surface area contributed by atoms with E-state index in [9.17, 15) is 15.0 Å². The normalized spacial score (nSPS) is 10.9. The van der Waals surface area contributed by atoms with Crippen LogP contribution in [0.4, 0.5) is 0 Å². The summed E-state index contributed by atoms with van der Waals surface area (Å²) in [5.74, 6) is 0.429. The van der Waals surface area contributed by atoms with Gasteiger partial charge in [-0.25, -0.2) is 14.8 Å². The number of aryl methyl sites for hydroxylation is 2. The molecule has 0 amide bonds. The summed E-state index contributed by atoms with van der Waals surface area (Å²) in [6.07, 6.45) is 0. The van der Waals surface area contributed by atoms with E-state index >= 15 is 0 Å². The van der Waals surface area contributed by atoms with Gasteiger partial charge in [-0.2, -0.15) is 0 Å².